The fraction of sp³-hybridized carbons (Fsp3) is 0.176. The molecule has 136 valence electrons. The summed E-state index contributed by atoms with van der Waals surface area (Å²) in [6, 6.07) is 13.7. The van der Waals surface area contributed by atoms with Crippen LogP contribution in [0.2, 0.25) is 0 Å². The lowest BCUT2D eigenvalue weighted by Gasteiger charge is -2.12. The van der Waals surface area contributed by atoms with Crippen LogP contribution >= 0.6 is 11.3 Å². The molecule has 1 amide bonds. The van der Waals surface area contributed by atoms with Crippen molar-refractivity contribution < 1.29 is 18.1 Å². The first-order valence-corrected chi connectivity index (χ1v) is 10.3. The minimum absolute atomic E-state index is 0.00841. The molecular formula is C17H19N4O3S2+. The molecule has 0 saturated heterocycles. The highest BCUT2D eigenvalue weighted by atomic mass is 32.2. The van der Waals surface area contributed by atoms with Crippen LogP contribution in [0.25, 0.3) is 10.2 Å². The summed E-state index contributed by atoms with van der Waals surface area (Å²) in [5.41, 5.74) is 1.50. The number of nitrogens with one attached hydrogen (secondary N) is 2. The van der Waals surface area contributed by atoms with Gasteiger partial charge in [0.15, 0.2) is 6.54 Å². The first-order valence-electron chi connectivity index (χ1n) is 7.90. The molecule has 2 aromatic carbocycles. The van der Waals surface area contributed by atoms with Crippen molar-refractivity contribution in [3.8, 4) is 0 Å². The Balaban J connectivity index is 1.57. The van der Waals surface area contributed by atoms with Crippen LogP contribution in [0, 0.1) is 0 Å². The van der Waals surface area contributed by atoms with Gasteiger partial charge in [-0.25, -0.2) is 18.5 Å². The van der Waals surface area contributed by atoms with E-state index in [4.69, 9.17) is 5.14 Å². The Labute approximate surface area is 155 Å². The molecule has 0 aliphatic heterocycles. The Hall–Kier alpha value is -2.33. The van der Waals surface area contributed by atoms with Crippen molar-refractivity contribution in [1.29, 1.82) is 0 Å². The van der Waals surface area contributed by atoms with E-state index in [0.717, 1.165) is 20.1 Å². The second-order valence-corrected chi connectivity index (χ2v) is 8.68. The zero-order valence-electron chi connectivity index (χ0n) is 14.1. The molecule has 0 saturated carbocycles. The minimum atomic E-state index is -3.74. The number of hydrogen-bond donors (Lipinski definition) is 3. The van der Waals surface area contributed by atoms with Gasteiger partial charge in [0.1, 0.15) is 11.6 Å². The van der Waals surface area contributed by atoms with Gasteiger partial charge >= 0.3 is 0 Å². The predicted molar refractivity (Wildman–Crippen MR) is 102 cm³/mol. The first-order chi connectivity index (χ1) is 12.3. The quantitative estimate of drug-likeness (QED) is 0.572. The molecular weight excluding hydrogens is 372 g/mol. The number of hydrogen-bond acceptors (Lipinski definition) is 5. The van der Waals surface area contributed by atoms with Gasteiger partial charge in [-0.2, -0.15) is 0 Å². The molecule has 1 aromatic heterocycles. The van der Waals surface area contributed by atoms with E-state index in [1.807, 2.05) is 31.3 Å². The second kappa shape index (κ2) is 7.50. The summed E-state index contributed by atoms with van der Waals surface area (Å²) in [5, 5.41) is 8.78. The van der Waals surface area contributed by atoms with Gasteiger partial charge in [0, 0.05) is 5.69 Å². The number of rotatable bonds is 6. The first kappa shape index (κ1) is 18.5. The highest BCUT2D eigenvalue weighted by molar-refractivity contribution is 7.89. The molecule has 0 bridgehead atoms. The molecule has 1 unspecified atom stereocenters. The average molecular weight is 391 g/mol. The van der Waals surface area contributed by atoms with Crippen molar-refractivity contribution in [3.05, 3.63) is 53.5 Å². The zero-order valence-corrected chi connectivity index (χ0v) is 15.7. The molecule has 3 aromatic rings. The van der Waals surface area contributed by atoms with Gasteiger partial charge in [0.05, 0.1) is 22.2 Å². The number of nitrogens with two attached hydrogens (primary N) is 1. The van der Waals surface area contributed by atoms with E-state index in [9.17, 15) is 13.2 Å². The molecule has 7 nitrogen and oxygen atoms in total. The number of likely N-dealkylation sites (N-methyl/N-ethyl adjacent to an activating group) is 1. The maximum Gasteiger partial charge on any atom is 0.279 e. The van der Waals surface area contributed by atoms with Crippen molar-refractivity contribution >= 4 is 43.2 Å². The van der Waals surface area contributed by atoms with E-state index in [2.05, 4.69) is 10.3 Å². The number of fused-ring (bicyclic) bond motifs is 1. The second-order valence-electron chi connectivity index (χ2n) is 6.00. The molecule has 1 atom stereocenters. The number of amides is 1. The van der Waals surface area contributed by atoms with E-state index >= 15 is 0 Å². The molecule has 9 heteroatoms. The lowest BCUT2D eigenvalue weighted by molar-refractivity contribution is -0.885. The lowest BCUT2D eigenvalue weighted by atomic mass is 10.3. The van der Waals surface area contributed by atoms with E-state index < -0.39 is 10.0 Å². The monoisotopic (exact) mass is 391 g/mol. The van der Waals surface area contributed by atoms with Crippen molar-refractivity contribution in [2.24, 2.45) is 5.14 Å². The average Bonchev–Trinajstić information content (AvgIpc) is 2.96. The highest BCUT2D eigenvalue weighted by Crippen LogP contribution is 2.20. The highest BCUT2D eigenvalue weighted by Gasteiger charge is 2.14. The third-order valence-electron chi connectivity index (χ3n) is 3.72. The van der Waals surface area contributed by atoms with E-state index in [1.165, 1.54) is 24.3 Å². The number of nitrogens with zero attached hydrogens (tertiary/aromatic N) is 1. The van der Waals surface area contributed by atoms with E-state index in [-0.39, 0.29) is 17.3 Å². The number of sulfonamides is 1. The number of primary sulfonamides is 1. The Morgan fingerprint density at radius 2 is 1.88 bits per heavy atom. The summed E-state index contributed by atoms with van der Waals surface area (Å²) >= 11 is 1.63. The SMILES string of the molecule is C[NH+](CC(=O)Nc1ccc(S(N)(=O)=O)cc1)Cc1nc2ccccc2s1. The molecule has 0 aliphatic rings. The maximum absolute atomic E-state index is 12.2. The van der Waals surface area contributed by atoms with Gasteiger partial charge in [-0.05, 0) is 36.4 Å². The third kappa shape index (κ3) is 4.64. The molecule has 26 heavy (non-hydrogen) atoms. The summed E-state index contributed by atoms with van der Waals surface area (Å²) in [6.45, 7) is 0.921. The summed E-state index contributed by atoms with van der Waals surface area (Å²) < 4.78 is 23.6. The topological polar surface area (TPSA) is 107 Å². The van der Waals surface area contributed by atoms with Gasteiger partial charge < -0.3 is 10.2 Å². The Morgan fingerprint density at radius 1 is 1.19 bits per heavy atom. The zero-order chi connectivity index (χ0) is 18.7. The van der Waals surface area contributed by atoms with E-state index in [0.29, 0.717) is 12.2 Å². The van der Waals surface area contributed by atoms with Crippen LogP contribution < -0.4 is 15.4 Å². The Morgan fingerprint density at radius 3 is 2.54 bits per heavy atom. The maximum atomic E-state index is 12.2. The van der Waals surface area contributed by atoms with Crippen LogP contribution in [-0.2, 0) is 21.4 Å². The number of para-hydroxylation sites is 1. The van der Waals surface area contributed by atoms with Crippen molar-refractivity contribution in [2.45, 2.75) is 11.4 Å². The smallest absolute Gasteiger partial charge is 0.279 e. The number of quaternary nitrogens is 1. The summed E-state index contributed by atoms with van der Waals surface area (Å²) in [6.07, 6.45) is 0. The number of aromatic nitrogens is 1. The molecule has 0 radical (unpaired) electrons. The summed E-state index contributed by atoms with van der Waals surface area (Å²) in [4.78, 5) is 17.8. The summed E-state index contributed by atoms with van der Waals surface area (Å²) in [7, 11) is -1.81. The van der Waals surface area contributed by atoms with Crippen LogP contribution in [-0.4, -0.2) is 32.9 Å². The van der Waals surface area contributed by atoms with Crippen molar-refractivity contribution in [1.82, 2.24) is 4.98 Å². The van der Waals surface area contributed by atoms with Gasteiger partial charge in [-0.15, -0.1) is 11.3 Å². The molecule has 4 N–H and O–H groups in total. The Bertz CT molecular complexity index is 997. The fourth-order valence-electron chi connectivity index (χ4n) is 2.52. The number of thiazole rings is 1. The number of anilines is 1. The minimum Gasteiger partial charge on any atom is -0.324 e. The van der Waals surface area contributed by atoms with Crippen LogP contribution in [0.1, 0.15) is 5.01 Å². The van der Waals surface area contributed by atoms with Gasteiger partial charge in [0.25, 0.3) is 5.91 Å². The van der Waals surface area contributed by atoms with Crippen LogP contribution in [0.4, 0.5) is 5.69 Å². The molecule has 0 fully saturated rings. The van der Waals surface area contributed by atoms with Gasteiger partial charge in [0.2, 0.25) is 10.0 Å². The number of carbonyl (C=O) groups is 1. The number of carbonyl (C=O) groups excluding carboxylic acids is 1. The molecule has 1 heterocycles. The largest absolute Gasteiger partial charge is 0.324 e. The van der Waals surface area contributed by atoms with Gasteiger partial charge in [-0.3, -0.25) is 4.79 Å². The lowest BCUT2D eigenvalue weighted by Crippen LogP contribution is -3.08. The third-order valence-corrected chi connectivity index (χ3v) is 5.69. The van der Waals surface area contributed by atoms with Crippen LogP contribution in [0.3, 0.4) is 0 Å². The number of benzene rings is 2. The van der Waals surface area contributed by atoms with E-state index in [1.54, 1.807) is 11.3 Å². The standard InChI is InChI=1S/C17H18N4O3S2/c1-21(11-17-20-14-4-2-3-5-15(14)25-17)10-16(22)19-12-6-8-13(9-7-12)26(18,23)24/h2-9H,10-11H2,1H3,(H,19,22)(H2,18,23,24)/p+1. The van der Waals surface area contributed by atoms with Crippen LogP contribution in [0.5, 0.6) is 0 Å². The van der Waals surface area contributed by atoms with Crippen molar-refractivity contribution in [3.63, 3.8) is 0 Å². The van der Waals surface area contributed by atoms with Crippen LogP contribution in [0.15, 0.2) is 53.4 Å². The normalized spacial score (nSPS) is 12.8. The summed E-state index contributed by atoms with van der Waals surface area (Å²) in [5.74, 6) is -0.160. The molecule has 0 spiro atoms. The fourth-order valence-corrected chi connectivity index (χ4v) is 4.12. The predicted octanol–water partition coefficient (Wildman–Crippen LogP) is 0.597. The van der Waals surface area contributed by atoms with Crippen molar-refractivity contribution in [2.75, 3.05) is 18.9 Å². The Kier molecular flexibility index (Phi) is 5.33. The molecule has 0 aliphatic carbocycles. The molecule has 3 rings (SSSR count). The van der Waals surface area contributed by atoms with Gasteiger partial charge in [-0.1, -0.05) is 12.1 Å².